The van der Waals surface area contributed by atoms with Crippen molar-refractivity contribution in [1.29, 1.82) is 10.8 Å². The second-order valence-electron chi connectivity index (χ2n) is 8.45. The Kier molecular flexibility index (Phi) is 10.5. The molecule has 0 radical (unpaired) electrons. The molecule has 0 spiro atoms. The molecule has 36 heavy (non-hydrogen) atoms. The fourth-order valence-electron chi connectivity index (χ4n) is 4.15. The lowest BCUT2D eigenvalue weighted by molar-refractivity contribution is 0.130. The third kappa shape index (κ3) is 7.10. The Bertz CT molecular complexity index is 1230. The standard InChI is InChI=1S/C25H29N5O3S.2ClH/c1-17(26)29-12-10-24(11-13-29)33-23-8-6-22(7-9-23)30(34(31)32)16-18-2-3-19-4-5-20(25(27)28)15-21(19)14-18;;/h2-9,14-15,24,26H,10-13,16H2,1H3,(H3,27,28)(H,31,32);2*1H/p-1. The Morgan fingerprint density at radius 3 is 2.28 bits per heavy atom. The van der Waals surface area contributed by atoms with Gasteiger partial charge in [-0.3, -0.25) is 19.3 Å². The molecule has 1 unspecified atom stereocenters. The lowest BCUT2D eigenvalue weighted by Crippen LogP contribution is -2.40. The van der Waals surface area contributed by atoms with Gasteiger partial charge in [0.25, 0.3) is 0 Å². The topological polar surface area (TPSA) is 130 Å². The van der Waals surface area contributed by atoms with E-state index in [4.69, 9.17) is 21.3 Å². The minimum atomic E-state index is -2.46. The van der Waals surface area contributed by atoms with Crippen LogP contribution in [0.25, 0.3) is 10.8 Å². The van der Waals surface area contributed by atoms with Crippen molar-refractivity contribution in [2.24, 2.45) is 5.73 Å². The van der Waals surface area contributed by atoms with Gasteiger partial charge in [0.1, 0.15) is 17.7 Å². The van der Waals surface area contributed by atoms with Crippen molar-refractivity contribution in [3.05, 3.63) is 71.8 Å². The molecule has 0 saturated carbocycles. The summed E-state index contributed by atoms with van der Waals surface area (Å²) in [4.78, 5) is 2.04. The van der Waals surface area contributed by atoms with Crippen LogP contribution in [-0.4, -0.2) is 44.5 Å². The highest BCUT2D eigenvalue weighted by molar-refractivity contribution is 7.80. The fraction of sp³-hybridized carbons (Fsp3) is 0.280. The maximum absolute atomic E-state index is 12.0. The number of nitrogens with zero attached hydrogens (tertiary/aromatic N) is 2. The molecule has 8 nitrogen and oxygen atoms in total. The van der Waals surface area contributed by atoms with Crippen LogP contribution in [0, 0.1) is 10.8 Å². The molecular formula is C25H30Cl2N5O3S-. The van der Waals surface area contributed by atoms with Crippen LogP contribution in [0.2, 0.25) is 0 Å². The number of nitrogens with one attached hydrogen (secondary N) is 2. The Morgan fingerprint density at radius 1 is 1.06 bits per heavy atom. The molecule has 11 heteroatoms. The molecule has 1 saturated heterocycles. The van der Waals surface area contributed by atoms with Gasteiger partial charge in [-0.25, -0.2) is 0 Å². The minimum Gasteiger partial charge on any atom is -0.755 e. The molecule has 0 amide bonds. The van der Waals surface area contributed by atoms with Crippen LogP contribution >= 0.6 is 24.8 Å². The Morgan fingerprint density at radius 2 is 1.69 bits per heavy atom. The number of rotatable bonds is 7. The molecule has 0 aromatic heterocycles. The first kappa shape index (κ1) is 29.4. The summed E-state index contributed by atoms with van der Waals surface area (Å²) in [6, 6.07) is 18.4. The first-order valence-electron chi connectivity index (χ1n) is 11.1. The molecule has 0 bridgehead atoms. The van der Waals surface area contributed by atoms with Gasteiger partial charge in [-0.2, -0.15) is 0 Å². The zero-order chi connectivity index (χ0) is 24.2. The predicted octanol–water partition coefficient (Wildman–Crippen LogP) is 4.61. The maximum Gasteiger partial charge on any atom is 0.122 e. The van der Waals surface area contributed by atoms with E-state index in [2.05, 4.69) is 0 Å². The van der Waals surface area contributed by atoms with Gasteiger partial charge in [0.15, 0.2) is 0 Å². The number of piperidine rings is 1. The van der Waals surface area contributed by atoms with Crippen molar-refractivity contribution >= 4 is 64.2 Å². The van der Waals surface area contributed by atoms with Crippen molar-refractivity contribution < 1.29 is 13.5 Å². The number of nitrogen functional groups attached to an aromatic ring is 1. The third-order valence-corrected chi connectivity index (χ3v) is 6.77. The first-order chi connectivity index (χ1) is 16.3. The average molecular weight is 552 g/mol. The summed E-state index contributed by atoms with van der Waals surface area (Å²) >= 11 is -2.46. The zero-order valence-corrected chi connectivity index (χ0v) is 22.3. The molecule has 4 rings (SSSR count). The molecule has 1 fully saturated rings. The molecular weight excluding hydrogens is 521 g/mol. The Labute approximate surface area is 226 Å². The smallest absolute Gasteiger partial charge is 0.122 e. The molecule has 0 aliphatic carbocycles. The molecule has 1 atom stereocenters. The maximum atomic E-state index is 12.0. The molecule has 194 valence electrons. The second kappa shape index (κ2) is 12.9. The summed E-state index contributed by atoms with van der Waals surface area (Å²) < 4.78 is 31.4. The van der Waals surface area contributed by atoms with E-state index in [1.807, 2.05) is 35.2 Å². The largest absolute Gasteiger partial charge is 0.755 e. The van der Waals surface area contributed by atoms with Crippen LogP contribution in [-0.2, 0) is 17.8 Å². The number of fused-ring (bicyclic) bond motifs is 1. The van der Waals surface area contributed by atoms with E-state index in [0.717, 1.165) is 42.3 Å². The van der Waals surface area contributed by atoms with Gasteiger partial charge in [-0.1, -0.05) is 24.3 Å². The van der Waals surface area contributed by atoms with Gasteiger partial charge in [0.2, 0.25) is 0 Å². The molecule has 4 N–H and O–H groups in total. The fourth-order valence-corrected chi connectivity index (χ4v) is 4.70. The lowest BCUT2D eigenvalue weighted by atomic mass is 10.0. The monoisotopic (exact) mass is 550 g/mol. The van der Waals surface area contributed by atoms with E-state index >= 15 is 0 Å². The predicted molar refractivity (Wildman–Crippen MR) is 150 cm³/mol. The Balaban J connectivity index is 0.00000228. The quantitative estimate of drug-likeness (QED) is 0.224. The number of ether oxygens (including phenoxy) is 1. The van der Waals surface area contributed by atoms with Crippen molar-refractivity contribution in [2.75, 3.05) is 17.4 Å². The normalized spacial score (nSPS) is 14.3. The summed E-state index contributed by atoms with van der Waals surface area (Å²) in [5.41, 5.74) is 7.60. The Hall–Kier alpha value is -2.85. The van der Waals surface area contributed by atoms with Gasteiger partial charge >= 0.3 is 0 Å². The number of likely N-dealkylation sites (tertiary alicyclic amines) is 1. The van der Waals surface area contributed by atoms with Crippen LogP contribution in [0.1, 0.15) is 30.9 Å². The summed E-state index contributed by atoms with van der Waals surface area (Å²) in [5.74, 6) is 1.28. The summed E-state index contributed by atoms with van der Waals surface area (Å²) in [6.45, 7) is 3.59. The summed E-state index contributed by atoms with van der Waals surface area (Å²) in [7, 11) is 0. The number of hydrogen-bond donors (Lipinski definition) is 3. The van der Waals surface area contributed by atoms with Crippen LogP contribution in [0.5, 0.6) is 5.75 Å². The lowest BCUT2D eigenvalue weighted by Gasteiger charge is -2.33. The highest BCUT2D eigenvalue weighted by Crippen LogP contribution is 2.26. The van der Waals surface area contributed by atoms with Gasteiger partial charge in [-0.05, 0) is 59.7 Å². The van der Waals surface area contributed by atoms with E-state index in [1.165, 1.54) is 4.31 Å². The molecule has 1 aliphatic rings. The third-order valence-electron chi connectivity index (χ3n) is 6.07. The number of anilines is 1. The van der Waals surface area contributed by atoms with Crippen molar-refractivity contribution in [2.45, 2.75) is 32.4 Å². The van der Waals surface area contributed by atoms with Crippen LogP contribution < -0.4 is 14.8 Å². The van der Waals surface area contributed by atoms with E-state index in [1.54, 1.807) is 37.3 Å². The molecule has 3 aromatic rings. The number of amidine groups is 2. The zero-order valence-electron chi connectivity index (χ0n) is 19.8. The van der Waals surface area contributed by atoms with Gasteiger partial charge < -0.3 is 19.9 Å². The van der Waals surface area contributed by atoms with Crippen LogP contribution in [0.15, 0.2) is 60.7 Å². The molecule has 1 aliphatic heterocycles. The van der Waals surface area contributed by atoms with E-state index in [-0.39, 0.29) is 43.3 Å². The summed E-state index contributed by atoms with van der Waals surface area (Å²) in [6.07, 6.45) is 1.79. The minimum absolute atomic E-state index is 0. The molecule has 3 aromatic carbocycles. The number of hydrogen-bond acceptors (Lipinski definition) is 5. The van der Waals surface area contributed by atoms with Gasteiger partial charge in [0, 0.05) is 48.4 Å². The van der Waals surface area contributed by atoms with Crippen molar-refractivity contribution in [3.63, 3.8) is 0 Å². The van der Waals surface area contributed by atoms with Crippen molar-refractivity contribution in [1.82, 2.24) is 4.90 Å². The first-order valence-corrected chi connectivity index (χ1v) is 12.1. The highest BCUT2D eigenvalue weighted by atomic mass is 35.5. The highest BCUT2D eigenvalue weighted by Gasteiger charge is 2.21. The SMILES string of the molecule is CC(=N)N1CCC(Oc2ccc(N(Cc3ccc4ccc(C(=N)N)cc4c3)S(=O)[O-])cc2)CC1.Cl.Cl. The van der Waals surface area contributed by atoms with E-state index < -0.39 is 11.3 Å². The average Bonchev–Trinajstić information content (AvgIpc) is 2.83. The van der Waals surface area contributed by atoms with E-state index in [9.17, 15) is 8.76 Å². The van der Waals surface area contributed by atoms with Crippen LogP contribution in [0.4, 0.5) is 5.69 Å². The molecule has 1 heterocycles. The van der Waals surface area contributed by atoms with Gasteiger partial charge in [-0.15, -0.1) is 24.8 Å². The summed E-state index contributed by atoms with van der Waals surface area (Å²) in [5, 5.41) is 17.3. The van der Waals surface area contributed by atoms with Crippen molar-refractivity contribution in [3.8, 4) is 5.75 Å². The van der Waals surface area contributed by atoms with Crippen LogP contribution in [0.3, 0.4) is 0 Å². The second-order valence-corrected chi connectivity index (χ2v) is 9.32. The number of halogens is 2. The van der Waals surface area contributed by atoms with Gasteiger partial charge in [0.05, 0.1) is 12.4 Å². The number of benzene rings is 3. The van der Waals surface area contributed by atoms with E-state index in [0.29, 0.717) is 22.8 Å². The number of nitrogens with two attached hydrogens (primary N) is 1.